The van der Waals surface area contributed by atoms with Crippen LogP contribution in [0.1, 0.15) is 54.6 Å². The monoisotopic (exact) mass is 348 g/mol. The van der Waals surface area contributed by atoms with Crippen LogP contribution in [0.3, 0.4) is 0 Å². The normalized spacial score (nSPS) is 17.3. The Morgan fingerprint density at radius 2 is 2.10 bits per heavy atom. The number of rotatable bonds is 4. The number of halogens is 1. The predicted molar refractivity (Wildman–Crippen MR) is 87.3 cm³/mol. The third-order valence-corrected chi connectivity index (χ3v) is 4.86. The Morgan fingerprint density at radius 1 is 1.33 bits per heavy atom. The average molecular weight is 349 g/mol. The SMILES string of the molecule is Cc1ccc(Br)cc1C(O)Cc1ccn(C2CCCC2)n1. The average Bonchev–Trinajstić information content (AvgIpc) is 3.11. The van der Waals surface area contributed by atoms with E-state index >= 15 is 0 Å². The quantitative estimate of drug-likeness (QED) is 0.891. The smallest absolute Gasteiger partial charge is 0.0849 e. The van der Waals surface area contributed by atoms with Crippen molar-refractivity contribution in [1.29, 1.82) is 0 Å². The van der Waals surface area contributed by atoms with Crippen LogP contribution in [0.2, 0.25) is 0 Å². The van der Waals surface area contributed by atoms with Gasteiger partial charge in [-0.25, -0.2) is 0 Å². The fraction of sp³-hybridized carbons (Fsp3) is 0.471. The molecular formula is C17H21BrN2O. The van der Waals surface area contributed by atoms with Crippen LogP contribution in [-0.2, 0) is 6.42 Å². The molecule has 0 bridgehead atoms. The van der Waals surface area contributed by atoms with Crippen molar-refractivity contribution >= 4 is 15.9 Å². The van der Waals surface area contributed by atoms with Gasteiger partial charge in [0.2, 0.25) is 0 Å². The van der Waals surface area contributed by atoms with Gasteiger partial charge in [-0.15, -0.1) is 0 Å². The van der Waals surface area contributed by atoms with E-state index in [9.17, 15) is 5.11 Å². The molecule has 112 valence electrons. The first-order valence-corrected chi connectivity index (χ1v) is 8.41. The predicted octanol–water partition coefficient (Wildman–Crippen LogP) is 4.35. The van der Waals surface area contributed by atoms with Gasteiger partial charge in [0.1, 0.15) is 0 Å². The fourth-order valence-corrected chi connectivity index (χ4v) is 3.52. The molecule has 1 N–H and O–H groups in total. The molecule has 0 radical (unpaired) electrons. The van der Waals surface area contributed by atoms with Crippen molar-refractivity contribution in [2.45, 2.75) is 51.2 Å². The van der Waals surface area contributed by atoms with E-state index in [0.29, 0.717) is 12.5 Å². The van der Waals surface area contributed by atoms with E-state index in [-0.39, 0.29) is 0 Å². The fourth-order valence-electron chi connectivity index (χ4n) is 3.14. The Labute approximate surface area is 134 Å². The molecule has 3 rings (SSSR count). The number of nitrogens with zero attached hydrogens (tertiary/aromatic N) is 2. The van der Waals surface area contributed by atoms with E-state index in [1.165, 1.54) is 25.7 Å². The number of aliphatic hydroxyl groups is 1. The lowest BCUT2D eigenvalue weighted by Crippen LogP contribution is -2.08. The first kappa shape index (κ1) is 14.8. The van der Waals surface area contributed by atoms with Gasteiger partial charge in [0.25, 0.3) is 0 Å². The van der Waals surface area contributed by atoms with Gasteiger partial charge >= 0.3 is 0 Å². The summed E-state index contributed by atoms with van der Waals surface area (Å²) in [6.45, 7) is 2.03. The molecule has 1 aliphatic carbocycles. The third kappa shape index (κ3) is 3.38. The van der Waals surface area contributed by atoms with Crippen molar-refractivity contribution in [1.82, 2.24) is 9.78 Å². The van der Waals surface area contributed by atoms with Crippen LogP contribution < -0.4 is 0 Å². The van der Waals surface area contributed by atoms with Gasteiger partial charge in [-0.1, -0.05) is 34.8 Å². The first-order chi connectivity index (χ1) is 10.1. The highest BCUT2D eigenvalue weighted by Gasteiger charge is 2.19. The Kier molecular flexibility index (Phi) is 4.45. The molecule has 1 aromatic heterocycles. The van der Waals surface area contributed by atoms with Gasteiger partial charge in [0.15, 0.2) is 0 Å². The second-order valence-electron chi connectivity index (χ2n) is 5.95. The van der Waals surface area contributed by atoms with E-state index in [1.807, 2.05) is 31.2 Å². The van der Waals surface area contributed by atoms with Crippen LogP contribution in [0.25, 0.3) is 0 Å². The summed E-state index contributed by atoms with van der Waals surface area (Å²) < 4.78 is 3.08. The summed E-state index contributed by atoms with van der Waals surface area (Å²) >= 11 is 3.47. The topological polar surface area (TPSA) is 38.0 Å². The molecule has 0 aliphatic heterocycles. The molecule has 1 saturated carbocycles. The lowest BCUT2D eigenvalue weighted by atomic mass is 10.0. The molecule has 1 fully saturated rings. The zero-order valence-electron chi connectivity index (χ0n) is 12.3. The molecule has 0 amide bonds. The van der Waals surface area contributed by atoms with Crippen molar-refractivity contribution in [3.05, 3.63) is 51.8 Å². The number of aromatic nitrogens is 2. The van der Waals surface area contributed by atoms with E-state index < -0.39 is 6.10 Å². The summed E-state index contributed by atoms with van der Waals surface area (Å²) in [7, 11) is 0. The van der Waals surface area contributed by atoms with E-state index in [1.54, 1.807) is 0 Å². The van der Waals surface area contributed by atoms with Gasteiger partial charge in [0.05, 0.1) is 17.8 Å². The summed E-state index contributed by atoms with van der Waals surface area (Å²) in [4.78, 5) is 0. The van der Waals surface area contributed by atoms with Crippen LogP contribution in [0.4, 0.5) is 0 Å². The summed E-state index contributed by atoms with van der Waals surface area (Å²) in [5.41, 5.74) is 3.05. The molecule has 1 aromatic carbocycles. The van der Waals surface area contributed by atoms with E-state index in [4.69, 9.17) is 0 Å². The van der Waals surface area contributed by atoms with Crippen LogP contribution in [0.5, 0.6) is 0 Å². The van der Waals surface area contributed by atoms with Crippen molar-refractivity contribution < 1.29 is 5.11 Å². The summed E-state index contributed by atoms with van der Waals surface area (Å²) in [6.07, 6.45) is 7.19. The van der Waals surface area contributed by atoms with Crippen LogP contribution in [-0.4, -0.2) is 14.9 Å². The lowest BCUT2D eigenvalue weighted by Gasteiger charge is -2.13. The van der Waals surface area contributed by atoms with E-state index in [2.05, 4.69) is 31.9 Å². The van der Waals surface area contributed by atoms with Crippen LogP contribution >= 0.6 is 15.9 Å². The Morgan fingerprint density at radius 3 is 2.86 bits per heavy atom. The molecule has 1 unspecified atom stereocenters. The van der Waals surface area contributed by atoms with Crippen LogP contribution in [0, 0.1) is 6.92 Å². The molecule has 21 heavy (non-hydrogen) atoms. The van der Waals surface area contributed by atoms with Gasteiger partial charge in [-0.2, -0.15) is 5.10 Å². The Balaban J connectivity index is 1.72. The van der Waals surface area contributed by atoms with Gasteiger partial charge in [-0.3, -0.25) is 4.68 Å². The zero-order valence-corrected chi connectivity index (χ0v) is 13.9. The number of benzene rings is 1. The molecule has 0 saturated heterocycles. The molecule has 4 heteroatoms. The molecule has 1 heterocycles. The minimum absolute atomic E-state index is 0.505. The van der Waals surface area contributed by atoms with Gasteiger partial charge in [-0.05, 0) is 49.1 Å². The minimum Gasteiger partial charge on any atom is -0.388 e. The summed E-state index contributed by atoms with van der Waals surface area (Å²) in [5.74, 6) is 0. The minimum atomic E-state index is -0.505. The van der Waals surface area contributed by atoms with Crippen molar-refractivity contribution in [2.24, 2.45) is 0 Å². The zero-order chi connectivity index (χ0) is 14.8. The highest BCUT2D eigenvalue weighted by atomic mass is 79.9. The Bertz CT molecular complexity index is 617. The maximum atomic E-state index is 10.5. The maximum absolute atomic E-state index is 10.5. The number of aliphatic hydroxyl groups excluding tert-OH is 1. The molecule has 1 aliphatic rings. The Hall–Kier alpha value is -1.13. The molecule has 3 nitrogen and oxygen atoms in total. The summed E-state index contributed by atoms with van der Waals surface area (Å²) in [5, 5.41) is 15.1. The van der Waals surface area contributed by atoms with Gasteiger partial charge < -0.3 is 5.11 Å². The molecule has 0 spiro atoms. The number of hydrogen-bond donors (Lipinski definition) is 1. The molecule has 1 atom stereocenters. The standard InChI is InChI=1S/C17H21BrN2O/c1-12-6-7-13(18)10-16(12)17(21)11-14-8-9-20(19-14)15-4-2-3-5-15/h6-10,15,17,21H,2-5,11H2,1H3. The largest absolute Gasteiger partial charge is 0.388 e. The highest BCUT2D eigenvalue weighted by Crippen LogP contribution is 2.29. The summed E-state index contributed by atoms with van der Waals surface area (Å²) in [6, 6.07) is 8.62. The molecule has 2 aromatic rings. The second-order valence-corrected chi connectivity index (χ2v) is 6.86. The number of hydrogen-bond acceptors (Lipinski definition) is 2. The first-order valence-electron chi connectivity index (χ1n) is 7.61. The highest BCUT2D eigenvalue weighted by molar-refractivity contribution is 9.10. The number of aryl methyl sites for hydroxylation is 1. The van der Waals surface area contributed by atoms with Crippen molar-refractivity contribution in [3.63, 3.8) is 0 Å². The maximum Gasteiger partial charge on any atom is 0.0849 e. The van der Waals surface area contributed by atoms with Crippen molar-refractivity contribution in [3.8, 4) is 0 Å². The lowest BCUT2D eigenvalue weighted by molar-refractivity contribution is 0.176. The van der Waals surface area contributed by atoms with Crippen LogP contribution in [0.15, 0.2) is 34.9 Å². The second kappa shape index (κ2) is 6.32. The van der Waals surface area contributed by atoms with E-state index in [0.717, 1.165) is 21.3 Å². The third-order valence-electron chi connectivity index (χ3n) is 4.37. The van der Waals surface area contributed by atoms with Crippen molar-refractivity contribution in [2.75, 3.05) is 0 Å². The van der Waals surface area contributed by atoms with Gasteiger partial charge in [0, 0.05) is 17.1 Å². The molecular weight excluding hydrogens is 328 g/mol.